The lowest BCUT2D eigenvalue weighted by molar-refractivity contribution is 0.0715. The summed E-state index contributed by atoms with van der Waals surface area (Å²) in [7, 11) is 0. The lowest BCUT2D eigenvalue weighted by Gasteiger charge is -2.32. The van der Waals surface area contributed by atoms with Crippen LogP contribution in [0.25, 0.3) is 10.9 Å². The van der Waals surface area contributed by atoms with Crippen LogP contribution in [0.1, 0.15) is 41.6 Å². The third kappa shape index (κ3) is 3.19. The average molecular weight is 369 g/mol. The zero-order valence-electron chi connectivity index (χ0n) is 14.7. The molecule has 0 radical (unpaired) electrons. The molecule has 0 bridgehead atoms. The van der Waals surface area contributed by atoms with Crippen molar-refractivity contribution in [2.75, 3.05) is 13.1 Å². The van der Waals surface area contributed by atoms with Crippen molar-refractivity contribution in [2.45, 2.75) is 32.2 Å². The Hall–Kier alpha value is -2.40. The highest BCUT2D eigenvalue weighted by molar-refractivity contribution is 6.32. The molecule has 26 heavy (non-hydrogen) atoms. The molecule has 0 spiro atoms. The Morgan fingerprint density at radius 2 is 2.12 bits per heavy atom. The molecule has 1 saturated heterocycles. The number of pyridine rings is 1. The van der Waals surface area contributed by atoms with Gasteiger partial charge in [0, 0.05) is 42.4 Å². The van der Waals surface area contributed by atoms with Gasteiger partial charge in [-0.1, -0.05) is 17.7 Å². The fraction of sp³-hybridized carbons (Fsp3) is 0.350. The molecule has 0 unspecified atom stereocenters. The monoisotopic (exact) mass is 368 g/mol. The smallest absolute Gasteiger partial charge is 0.256 e. The number of fused-ring (bicyclic) bond motifs is 1. The number of rotatable bonds is 3. The highest BCUT2D eigenvalue weighted by Crippen LogP contribution is 2.30. The van der Waals surface area contributed by atoms with Gasteiger partial charge in [0.05, 0.1) is 17.3 Å². The van der Waals surface area contributed by atoms with Crippen molar-refractivity contribution >= 4 is 28.4 Å². The number of hydrogen-bond acceptors (Lipinski definition) is 3. The van der Waals surface area contributed by atoms with Crippen LogP contribution in [-0.2, 0) is 6.54 Å². The van der Waals surface area contributed by atoms with Gasteiger partial charge >= 0.3 is 0 Å². The van der Waals surface area contributed by atoms with Crippen LogP contribution < -0.4 is 0 Å². The summed E-state index contributed by atoms with van der Waals surface area (Å²) in [4.78, 5) is 19.4. The zero-order valence-corrected chi connectivity index (χ0v) is 15.5. The molecular formula is C20H21ClN4O. The van der Waals surface area contributed by atoms with E-state index in [1.807, 2.05) is 34.0 Å². The molecule has 0 N–H and O–H groups in total. The first-order valence-corrected chi connectivity index (χ1v) is 9.39. The molecule has 1 fully saturated rings. The molecular weight excluding hydrogens is 348 g/mol. The number of halogens is 1. The molecule has 1 amide bonds. The van der Waals surface area contributed by atoms with Gasteiger partial charge in [0.2, 0.25) is 0 Å². The molecule has 2 aromatic heterocycles. The van der Waals surface area contributed by atoms with Crippen LogP contribution in [0.4, 0.5) is 0 Å². The third-order valence-corrected chi connectivity index (χ3v) is 5.35. The van der Waals surface area contributed by atoms with Crippen LogP contribution >= 0.6 is 11.6 Å². The van der Waals surface area contributed by atoms with Crippen LogP contribution in [0.3, 0.4) is 0 Å². The second-order valence-electron chi connectivity index (χ2n) is 6.72. The second-order valence-corrected chi connectivity index (χ2v) is 7.16. The molecule has 4 rings (SSSR count). The van der Waals surface area contributed by atoms with Crippen molar-refractivity contribution in [3.63, 3.8) is 0 Å². The fourth-order valence-electron chi connectivity index (χ4n) is 3.67. The predicted octanol–water partition coefficient (Wildman–Crippen LogP) is 4.12. The van der Waals surface area contributed by atoms with E-state index in [0.29, 0.717) is 22.0 Å². The summed E-state index contributed by atoms with van der Waals surface area (Å²) in [6.45, 7) is 4.44. The van der Waals surface area contributed by atoms with Crippen LogP contribution in [-0.4, -0.2) is 38.7 Å². The van der Waals surface area contributed by atoms with E-state index in [9.17, 15) is 4.79 Å². The summed E-state index contributed by atoms with van der Waals surface area (Å²) < 4.78 is 1.95. The number of amides is 1. The summed E-state index contributed by atoms with van der Waals surface area (Å²) in [5.74, 6) is 0.479. The van der Waals surface area contributed by atoms with Crippen LogP contribution in [0.5, 0.6) is 0 Å². The van der Waals surface area contributed by atoms with Crippen molar-refractivity contribution in [3.8, 4) is 0 Å². The maximum Gasteiger partial charge on any atom is 0.256 e. The normalized spacial score (nSPS) is 15.5. The maximum absolute atomic E-state index is 13.1. The van der Waals surface area contributed by atoms with E-state index < -0.39 is 0 Å². The minimum atomic E-state index is 0.0129. The molecule has 1 aliphatic rings. The van der Waals surface area contributed by atoms with E-state index in [0.717, 1.165) is 37.9 Å². The lowest BCUT2D eigenvalue weighted by Crippen LogP contribution is -2.38. The minimum absolute atomic E-state index is 0.0129. The van der Waals surface area contributed by atoms with Gasteiger partial charge in [0.25, 0.3) is 5.91 Å². The van der Waals surface area contributed by atoms with Gasteiger partial charge in [0.15, 0.2) is 0 Å². The summed E-state index contributed by atoms with van der Waals surface area (Å²) in [5, 5.41) is 5.83. The van der Waals surface area contributed by atoms with Crippen molar-refractivity contribution in [1.82, 2.24) is 19.7 Å². The maximum atomic E-state index is 13.1. The molecule has 0 aliphatic carbocycles. The summed E-state index contributed by atoms with van der Waals surface area (Å²) in [6.07, 6.45) is 7.70. The molecule has 1 aromatic carbocycles. The Morgan fingerprint density at radius 1 is 1.31 bits per heavy atom. The van der Waals surface area contributed by atoms with Gasteiger partial charge in [-0.05, 0) is 49.4 Å². The number of piperidine rings is 1. The molecule has 5 nitrogen and oxygen atoms in total. The standard InChI is InChI=1S/C20H21ClN4O/c1-2-25-13-16(12-23-25)14-5-8-24(9-6-14)20(26)18-11-17(21)10-15-4-3-7-22-19(15)18/h3-4,7,10-14H,2,5-6,8-9H2,1H3. The molecule has 0 saturated carbocycles. The molecule has 1 aliphatic heterocycles. The Kier molecular flexibility index (Phi) is 4.64. The van der Waals surface area contributed by atoms with Crippen molar-refractivity contribution in [3.05, 3.63) is 59.0 Å². The second kappa shape index (κ2) is 7.08. The van der Waals surface area contributed by atoms with E-state index in [4.69, 9.17) is 11.6 Å². The Morgan fingerprint density at radius 3 is 2.85 bits per heavy atom. The number of hydrogen-bond donors (Lipinski definition) is 0. The van der Waals surface area contributed by atoms with Crippen LogP contribution in [0.15, 0.2) is 42.9 Å². The minimum Gasteiger partial charge on any atom is -0.339 e. The largest absolute Gasteiger partial charge is 0.339 e. The number of carbonyl (C=O) groups excluding carboxylic acids is 1. The molecule has 3 heterocycles. The van der Waals surface area contributed by atoms with E-state index in [2.05, 4.69) is 23.2 Å². The van der Waals surface area contributed by atoms with E-state index >= 15 is 0 Å². The van der Waals surface area contributed by atoms with Gasteiger partial charge < -0.3 is 4.90 Å². The Bertz CT molecular complexity index is 944. The first kappa shape index (κ1) is 17.0. The molecule has 3 aromatic rings. The molecule has 134 valence electrons. The highest BCUT2D eigenvalue weighted by Gasteiger charge is 2.26. The average Bonchev–Trinajstić information content (AvgIpc) is 3.16. The number of benzene rings is 1. The van der Waals surface area contributed by atoms with E-state index in [-0.39, 0.29) is 5.91 Å². The van der Waals surface area contributed by atoms with Gasteiger partial charge in [-0.3, -0.25) is 14.5 Å². The van der Waals surface area contributed by atoms with Gasteiger partial charge in [0.1, 0.15) is 0 Å². The van der Waals surface area contributed by atoms with Gasteiger partial charge in [-0.2, -0.15) is 5.10 Å². The number of likely N-dealkylation sites (tertiary alicyclic amines) is 1. The molecule has 6 heteroatoms. The zero-order chi connectivity index (χ0) is 18.1. The van der Waals surface area contributed by atoms with Crippen LogP contribution in [0.2, 0.25) is 5.02 Å². The van der Waals surface area contributed by atoms with E-state index in [1.165, 1.54) is 5.56 Å². The molecule has 0 atom stereocenters. The van der Waals surface area contributed by atoms with Crippen molar-refractivity contribution in [2.24, 2.45) is 0 Å². The lowest BCUT2D eigenvalue weighted by atomic mass is 9.91. The van der Waals surface area contributed by atoms with Gasteiger partial charge in [-0.15, -0.1) is 0 Å². The SMILES string of the molecule is CCn1cc(C2CCN(C(=O)c3cc(Cl)cc4cccnc34)CC2)cn1. The number of carbonyl (C=O) groups is 1. The summed E-state index contributed by atoms with van der Waals surface area (Å²) >= 11 is 6.22. The Balaban J connectivity index is 1.52. The quantitative estimate of drug-likeness (QED) is 0.698. The predicted molar refractivity (Wildman–Crippen MR) is 103 cm³/mol. The topological polar surface area (TPSA) is 51.0 Å². The first-order valence-electron chi connectivity index (χ1n) is 9.01. The number of aromatic nitrogens is 3. The summed E-state index contributed by atoms with van der Waals surface area (Å²) in [5.41, 5.74) is 2.58. The fourth-order valence-corrected chi connectivity index (χ4v) is 3.89. The van der Waals surface area contributed by atoms with Crippen LogP contribution in [0, 0.1) is 0 Å². The third-order valence-electron chi connectivity index (χ3n) is 5.13. The number of nitrogens with zero attached hydrogens (tertiary/aromatic N) is 4. The first-order chi connectivity index (χ1) is 12.7. The van der Waals surface area contributed by atoms with Crippen molar-refractivity contribution in [1.29, 1.82) is 0 Å². The summed E-state index contributed by atoms with van der Waals surface area (Å²) in [6, 6.07) is 7.37. The van der Waals surface area contributed by atoms with E-state index in [1.54, 1.807) is 12.3 Å². The highest BCUT2D eigenvalue weighted by atomic mass is 35.5. The van der Waals surface area contributed by atoms with Gasteiger partial charge in [-0.25, -0.2) is 0 Å². The Labute approximate surface area is 157 Å². The van der Waals surface area contributed by atoms with Crippen molar-refractivity contribution < 1.29 is 4.79 Å². The number of aryl methyl sites for hydroxylation is 1.